The first kappa shape index (κ1) is 20.0. The number of hydrogen-bond acceptors (Lipinski definition) is 8. The number of nitrogens with one attached hydrogen (secondary N) is 1. The third-order valence-corrected chi connectivity index (χ3v) is 5.57. The van der Waals surface area contributed by atoms with E-state index in [9.17, 15) is 4.79 Å². The molecule has 1 amide bonds. The summed E-state index contributed by atoms with van der Waals surface area (Å²) in [7, 11) is 0. The molecule has 0 unspecified atom stereocenters. The Hall–Kier alpha value is -3.88. The number of carbonyl (C=O) groups excluding carboxylic acids is 1. The Balaban J connectivity index is 1.18. The second-order valence-corrected chi connectivity index (χ2v) is 7.84. The molecular formula is C23H24N6O3. The van der Waals surface area contributed by atoms with Gasteiger partial charge in [-0.1, -0.05) is 6.07 Å². The molecule has 2 aromatic heterocycles. The zero-order valence-corrected chi connectivity index (χ0v) is 17.8. The highest BCUT2D eigenvalue weighted by Gasteiger charge is 2.23. The summed E-state index contributed by atoms with van der Waals surface area (Å²) in [6.07, 6.45) is 3.66. The minimum Gasteiger partial charge on any atom is -0.454 e. The summed E-state index contributed by atoms with van der Waals surface area (Å²) in [6.45, 7) is 4.98. The number of aromatic nitrogens is 3. The van der Waals surface area contributed by atoms with Gasteiger partial charge < -0.3 is 24.6 Å². The van der Waals surface area contributed by atoms with Crippen LogP contribution in [0.1, 0.15) is 11.1 Å². The lowest BCUT2D eigenvalue weighted by Crippen LogP contribution is -2.49. The molecule has 1 fully saturated rings. The van der Waals surface area contributed by atoms with Crippen LogP contribution in [0, 0.1) is 6.92 Å². The summed E-state index contributed by atoms with van der Waals surface area (Å²) in [5, 5.41) is 3.22. The minimum absolute atomic E-state index is 0.110. The monoisotopic (exact) mass is 432 g/mol. The molecule has 0 atom stereocenters. The molecule has 1 aromatic carbocycles. The van der Waals surface area contributed by atoms with E-state index in [0.29, 0.717) is 44.2 Å². The first-order valence-corrected chi connectivity index (χ1v) is 10.6. The van der Waals surface area contributed by atoms with Gasteiger partial charge in [0.2, 0.25) is 12.7 Å². The maximum atomic E-state index is 12.8. The molecule has 1 saturated heterocycles. The number of amides is 1. The minimum atomic E-state index is 0.110. The summed E-state index contributed by atoms with van der Waals surface area (Å²) in [5.41, 5.74) is 2.05. The molecule has 0 saturated carbocycles. The molecule has 0 spiro atoms. The first-order chi connectivity index (χ1) is 15.6. The maximum absolute atomic E-state index is 12.8. The third-order valence-electron chi connectivity index (χ3n) is 5.57. The van der Waals surface area contributed by atoms with Crippen LogP contribution in [-0.4, -0.2) is 58.7 Å². The number of pyridine rings is 1. The highest BCUT2D eigenvalue weighted by Crippen LogP contribution is 2.32. The average Bonchev–Trinajstić information content (AvgIpc) is 3.27. The predicted octanol–water partition coefficient (Wildman–Crippen LogP) is 2.54. The Morgan fingerprint density at radius 2 is 1.78 bits per heavy atom. The molecule has 3 aromatic rings. The Morgan fingerprint density at radius 1 is 0.969 bits per heavy atom. The maximum Gasteiger partial charge on any atom is 0.231 e. The number of rotatable bonds is 5. The quantitative estimate of drug-likeness (QED) is 0.658. The van der Waals surface area contributed by atoms with Gasteiger partial charge in [-0.25, -0.2) is 15.0 Å². The van der Waals surface area contributed by atoms with E-state index in [1.54, 1.807) is 12.5 Å². The first-order valence-electron chi connectivity index (χ1n) is 10.6. The fourth-order valence-electron chi connectivity index (χ4n) is 3.85. The highest BCUT2D eigenvalue weighted by molar-refractivity contribution is 5.79. The van der Waals surface area contributed by atoms with Gasteiger partial charge in [-0.05, 0) is 42.3 Å². The van der Waals surface area contributed by atoms with Crippen LogP contribution in [-0.2, 0) is 11.2 Å². The molecule has 2 aliphatic rings. The van der Waals surface area contributed by atoms with Crippen LogP contribution in [0.15, 0.2) is 48.9 Å². The Bertz CT molecular complexity index is 1130. The van der Waals surface area contributed by atoms with Gasteiger partial charge >= 0.3 is 0 Å². The molecule has 1 N–H and O–H groups in total. The number of ether oxygens (including phenoxy) is 2. The Labute approximate surface area is 186 Å². The summed E-state index contributed by atoms with van der Waals surface area (Å²) in [5.74, 6) is 3.81. The molecule has 5 rings (SSSR count). The summed E-state index contributed by atoms with van der Waals surface area (Å²) in [4.78, 5) is 29.9. The zero-order valence-electron chi connectivity index (χ0n) is 17.8. The molecule has 0 aliphatic carbocycles. The normalized spacial score (nSPS) is 15.0. The highest BCUT2D eigenvalue weighted by atomic mass is 16.7. The van der Waals surface area contributed by atoms with Crippen LogP contribution in [0.5, 0.6) is 11.5 Å². The fraction of sp³-hybridized carbons (Fsp3) is 0.304. The van der Waals surface area contributed by atoms with Crippen LogP contribution in [0.2, 0.25) is 0 Å². The summed E-state index contributed by atoms with van der Waals surface area (Å²) >= 11 is 0. The lowest BCUT2D eigenvalue weighted by molar-refractivity contribution is -0.130. The number of benzene rings is 1. The standard InChI is InChI=1S/C23H24N6O3/c1-16-4-5-24-20(10-16)27-21-13-22(26-14-25-21)28-6-8-29(9-7-28)23(30)12-17-2-3-18-19(11-17)32-15-31-18/h2-5,10-11,13-14H,6-9,12,15H2,1H3,(H,24,25,26,27). The number of nitrogens with zero attached hydrogens (tertiary/aromatic N) is 5. The molecule has 9 heteroatoms. The van der Waals surface area contributed by atoms with Gasteiger partial charge in [0.25, 0.3) is 0 Å². The SMILES string of the molecule is Cc1ccnc(Nc2cc(N3CCN(C(=O)Cc4ccc5c(c4)OCO5)CC3)ncn2)c1. The number of carbonyl (C=O) groups is 1. The second-order valence-electron chi connectivity index (χ2n) is 7.84. The van der Waals surface area contributed by atoms with Crippen molar-refractivity contribution < 1.29 is 14.3 Å². The molecule has 0 radical (unpaired) electrons. The van der Waals surface area contributed by atoms with Gasteiger partial charge in [-0.3, -0.25) is 4.79 Å². The van der Waals surface area contributed by atoms with Gasteiger partial charge in [-0.15, -0.1) is 0 Å². The average molecular weight is 432 g/mol. The lowest BCUT2D eigenvalue weighted by Gasteiger charge is -2.35. The van der Waals surface area contributed by atoms with Crippen molar-refractivity contribution in [2.45, 2.75) is 13.3 Å². The van der Waals surface area contributed by atoms with Crippen LogP contribution in [0.4, 0.5) is 17.5 Å². The van der Waals surface area contributed by atoms with E-state index >= 15 is 0 Å². The van der Waals surface area contributed by atoms with Crippen LogP contribution in [0.3, 0.4) is 0 Å². The number of hydrogen-bond donors (Lipinski definition) is 1. The summed E-state index contributed by atoms with van der Waals surface area (Å²) in [6, 6.07) is 11.5. The molecule has 164 valence electrons. The number of anilines is 3. The van der Waals surface area contributed by atoms with Crippen molar-refractivity contribution in [1.29, 1.82) is 0 Å². The van der Waals surface area contributed by atoms with E-state index < -0.39 is 0 Å². The molecule has 0 bridgehead atoms. The number of piperazine rings is 1. The Morgan fingerprint density at radius 3 is 2.62 bits per heavy atom. The summed E-state index contributed by atoms with van der Waals surface area (Å²) < 4.78 is 10.7. The smallest absolute Gasteiger partial charge is 0.231 e. The van der Waals surface area contributed by atoms with E-state index in [1.165, 1.54) is 0 Å². The largest absolute Gasteiger partial charge is 0.454 e. The lowest BCUT2D eigenvalue weighted by atomic mass is 10.1. The van der Waals surface area contributed by atoms with E-state index in [-0.39, 0.29) is 12.7 Å². The van der Waals surface area contributed by atoms with Crippen molar-refractivity contribution in [3.63, 3.8) is 0 Å². The topological polar surface area (TPSA) is 92.7 Å². The predicted molar refractivity (Wildman–Crippen MR) is 119 cm³/mol. The molecule has 32 heavy (non-hydrogen) atoms. The van der Waals surface area contributed by atoms with Crippen molar-refractivity contribution >= 4 is 23.4 Å². The van der Waals surface area contributed by atoms with Crippen LogP contribution < -0.4 is 19.7 Å². The van der Waals surface area contributed by atoms with Crippen molar-refractivity contribution in [2.75, 3.05) is 43.2 Å². The fourth-order valence-corrected chi connectivity index (χ4v) is 3.85. The molecular weight excluding hydrogens is 408 g/mol. The van der Waals surface area contributed by atoms with Gasteiger partial charge in [-0.2, -0.15) is 0 Å². The Kier molecular flexibility index (Phi) is 5.45. The van der Waals surface area contributed by atoms with Crippen molar-refractivity contribution in [2.24, 2.45) is 0 Å². The third kappa shape index (κ3) is 4.41. The molecule has 2 aliphatic heterocycles. The van der Waals surface area contributed by atoms with Crippen molar-refractivity contribution in [1.82, 2.24) is 19.9 Å². The van der Waals surface area contributed by atoms with Crippen LogP contribution >= 0.6 is 0 Å². The van der Waals surface area contributed by atoms with Crippen molar-refractivity contribution in [3.8, 4) is 11.5 Å². The molecule has 4 heterocycles. The van der Waals surface area contributed by atoms with E-state index in [0.717, 1.165) is 28.5 Å². The zero-order chi connectivity index (χ0) is 21.9. The van der Waals surface area contributed by atoms with Gasteiger partial charge in [0.05, 0.1) is 6.42 Å². The van der Waals surface area contributed by atoms with E-state index in [1.807, 2.05) is 48.2 Å². The molecule has 9 nitrogen and oxygen atoms in total. The number of fused-ring (bicyclic) bond motifs is 1. The van der Waals surface area contributed by atoms with Crippen molar-refractivity contribution in [3.05, 3.63) is 60.0 Å². The van der Waals surface area contributed by atoms with Gasteiger partial charge in [0.15, 0.2) is 11.5 Å². The second kappa shape index (κ2) is 8.70. The van der Waals surface area contributed by atoms with Gasteiger partial charge in [0.1, 0.15) is 23.8 Å². The number of aryl methyl sites for hydroxylation is 1. The van der Waals surface area contributed by atoms with E-state index in [2.05, 4.69) is 25.2 Å². The van der Waals surface area contributed by atoms with Gasteiger partial charge in [0, 0.05) is 38.4 Å². The van der Waals surface area contributed by atoms with E-state index in [4.69, 9.17) is 9.47 Å². The van der Waals surface area contributed by atoms with Crippen LogP contribution in [0.25, 0.3) is 0 Å².